The van der Waals surface area contributed by atoms with E-state index in [1.165, 1.54) is 32.1 Å². The molecule has 9 heavy (non-hydrogen) atoms. The highest BCUT2D eigenvalue weighted by molar-refractivity contribution is 8.04. The molecule has 0 atom stereocenters. The Hall–Kier alpha value is 1.01. The molecule has 0 nitrogen and oxygen atoms in total. The Morgan fingerprint density at radius 2 is 1.56 bits per heavy atom. The molecule has 0 N–H and O–H groups in total. The molecule has 0 aromatic heterocycles. The minimum atomic E-state index is -0.674. The molecule has 54 valence electrons. The summed E-state index contributed by atoms with van der Waals surface area (Å²) in [5.74, 6) is 0. The number of rotatable bonds is 1. The van der Waals surface area contributed by atoms with Gasteiger partial charge in [0.05, 0.1) is 6.63 Å². The second-order valence-electron chi connectivity index (χ2n) is 2.55. The zero-order valence-electron chi connectivity index (χ0n) is 5.32. The first-order chi connectivity index (χ1) is 4.30. The molecule has 0 aliphatic heterocycles. The summed E-state index contributed by atoms with van der Waals surface area (Å²) in [4.78, 5) is 0. The van der Waals surface area contributed by atoms with Gasteiger partial charge in [0, 0.05) is 5.66 Å². The lowest BCUT2D eigenvalue weighted by Gasteiger charge is -2.21. The van der Waals surface area contributed by atoms with Crippen LogP contribution < -0.4 is 0 Å². The first kappa shape index (κ1) is 8.11. The Morgan fingerprint density at radius 1 is 1.00 bits per heavy atom. The van der Waals surface area contributed by atoms with E-state index in [1.807, 2.05) is 0 Å². The molecule has 0 saturated heterocycles. The molecule has 0 heterocycles. The number of hydrogen-bond donors (Lipinski definition) is 0. The molecule has 0 aromatic carbocycles. The van der Waals surface area contributed by atoms with Gasteiger partial charge in [-0.3, -0.25) is 0 Å². The van der Waals surface area contributed by atoms with Gasteiger partial charge in [0.1, 0.15) is 0 Å². The van der Waals surface area contributed by atoms with Crippen LogP contribution in [0.3, 0.4) is 0 Å². The Labute approximate surface area is 67.2 Å². The SMILES string of the molecule is ClP(Cl)C1CCCCC1. The van der Waals surface area contributed by atoms with Crippen molar-refractivity contribution in [2.75, 3.05) is 0 Å². The van der Waals surface area contributed by atoms with Gasteiger partial charge < -0.3 is 0 Å². The molecule has 0 spiro atoms. The summed E-state index contributed by atoms with van der Waals surface area (Å²) in [6, 6.07) is 0. The van der Waals surface area contributed by atoms with E-state index in [-0.39, 0.29) is 0 Å². The average Bonchev–Trinajstić information content (AvgIpc) is 1.90. The van der Waals surface area contributed by atoms with Gasteiger partial charge >= 0.3 is 0 Å². The van der Waals surface area contributed by atoms with E-state index in [1.54, 1.807) is 0 Å². The minimum absolute atomic E-state index is 0.650. The maximum atomic E-state index is 5.79. The number of halogens is 2. The highest BCUT2D eigenvalue weighted by Gasteiger charge is 2.19. The molecular formula is C6H11Cl2P. The summed E-state index contributed by atoms with van der Waals surface area (Å²) in [5.41, 5.74) is 0.650. The fourth-order valence-electron chi connectivity index (χ4n) is 1.28. The largest absolute Gasteiger partial charge is 0.0886 e. The maximum absolute atomic E-state index is 5.79. The fourth-order valence-corrected chi connectivity index (χ4v) is 3.20. The van der Waals surface area contributed by atoms with Gasteiger partial charge in [-0.15, -0.1) is 0 Å². The van der Waals surface area contributed by atoms with Crippen LogP contribution in [-0.2, 0) is 0 Å². The van der Waals surface area contributed by atoms with Crippen LogP contribution in [0.15, 0.2) is 0 Å². The zero-order valence-corrected chi connectivity index (χ0v) is 7.72. The van der Waals surface area contributed by atoms with E-state index in [0.717, 1.165) is 0 Å². The average molecular weight is 185 g/mol. The third-order valence-corrected chi connectivity index (χ3v) is 4.58. The third kappa shape index (κ3) is 2.62. The van der Waals surface area contributed by atoms with Gasteiger partial charge in [-0.2, -0.15) is 0 Å². The maximum Gasteiger partial charge on any atom is 0.0886 e. The van der Waals surface area contributed by atoms with Crippen LogP contribution in [0.1, 0.15) is 32.1 Å². The second-order valence-corrected chi connectivity index (χ2v) is 6.50. The van der Waals surface area contributed by atoms with E-state index in [9.17, 15) is 0 Å². The van der Waals surface area contributed by atoms with Crippen LogP contribution in [0.25, 0.3) is 0 Å². The van der Waals surface area contributed by atoms with Crippen molar-refractivity contribution < 1.29 is 0 Å². The predicted octanol–water partition coefficient (Wildman–Crippen LogP) is 4.11. The summed E-state index contributed by atoms with van der Waals surface area (Å²) in [6.07, 6.45) is 6.58. The first-order valence-electron chi connectivity index (χ1n) is 3.41. The molecule has 0 radical (unpaired) electrons. The Balaban J connectivity index is 2.23. The topological polar surface area (TPSA) is 0 Å². The zero-order chi connectivity index (χ0) is 6.69. The van der Waals surface area contributed by atoms with Gasteiger partial charge in [-0.25, -0.2) is 0 Å². The van der Waals surface area contributed by atoms with Crippen LogP contribution in [0.2, 0.25) is 0 Å². The fraction of sp³-hybridized carbons (Fsp3) is 1.00. The van der Waals surface area contributed by atoms with Crippen molar-refractivity contribution in [3.63, 3.8) is 0 Å². The second kappa shape index (κ2) is 4.01. The van der Waals surface area contributed by atoms with Gasteiger partial charge in [0.25, 0.3) is 0 Å². The van der Waals surface area contributed by atoms with E-state index in [0.29, 0.717) is 5.66 Å². The van der Waals surface area contributed by atoms with Crippen molar-refractivity contribution >= 4 is 29.1 Å². The van der Waals surface area contributed by atoms with Crippen molar-refractivity contribution in [3.05, 3.63) is 0 Å². The minimum Gasteiger partial charge on any atom is -0.0778 e. The van der Waals surface area contributed by atoms with Gasteiger partial charge in [0.15, 0.2) is 0 Å². The van der Waals surface area contributed by atoms with Crippen molar-refractivity contribution in [2.45, 2.75) is 37.8 Å². The number of hydrogen-bond acceptors (Lipinski definition) is 0. The molecule has 1 fully saturated rings. The van der Waals surface area contributed by atoms with E-state index in [2.05, 4.69) is 0 Å². The van der Waals surface area contributed by atoms with Crippen molar-refractivity contribution in [2.24, 2.45) is 0 Å². The van der Waals surface area contributed by atoms with Crippen molar-refractivity contribution in [1.29, 1.82) is 0 Å². The van der Waals surface area contributed by atoms with Crippen LogP contribution in [0.5, 0.6) is 0 Å². The molecule has 0 amide bonds. The van der Waals surface area contributed by atoms with E-state index in [4.69, 9.17) is 22.5 Å². The lowest BCUT2D eigenvalue weighted by atomic mass is 10.0. The monoisotopic (exact) mass is 184 g/mol. The molecule has 0 bridgehead atoms. The molecule has 1 saturated carbocycles. The summed E-state index contributed by atoms with van der Waals surface area (Å²) >= 11 is 11.6. The molecule has 0 aromatic rings. The molecular weight excluding hydrogens is 174 g/mol. The molecule has 1 aliphatic carbocycles. The lowest BCUT2D eigenvalue weighted by molar-refractivity contribution is 0.514. The van der Waals surface area contributed by atoms with Crippen molar-refractivity contribution in [3.8, 4) is 0 Å². The Morgan fingerprint density at radius 3 is 1.89 bits per heavy atom. The Kier molecular flexibility index (Phi) is 3.61. The smallest absolute Gasteiger partial charge is 0.0778 e. The Bertz CT molecular complexity index is 79.1. The highest BCUT2D eigenvalue weighted by Crippen LogP contribution is 2.55. The predicted molar refractivity (Wildman–Crippen MR) is 45.5 cm³/mol. The van der Waals surface area contributed by atoms with Gasteiger partial charge in [0.2, 0.25) is 0 Å². The summed E-state index contributed by atoms with van der Waals surface area (Å²) < 4.78 is 0. The molecule has 1 rings (SSSR count). The summed E-state index contributed by atoms with van der Waals surface area (Å²) in [5, 5.41) is 0. The normalized spacial score (nSPS) is 23.0. The van der Waals surface area contributed by atoms with Crippen LogP contribution in [0, 0.1) is 0 Å². The summed E-state index contributed by atoms with van der Waals surface area (Å²) in [6.45, 7) is -0.674. The van der Waals surface area contributed by atoms with Gasteiger partial charge in [-0.05, 0) is 12.8 Å². The quantitative estimate of drug-likeness (QED) is 0.539. The molecule has 3 heteroatoms. The standard InChI is InChI=1S/C6H11Cl2P/c7-9(8)6-4-2-1-3-5-6/h6H,1-5H2. The van der Waals surface area contributed by atoms with Crippen LogP contribution >= 0.6 is 29.1 Å². The molecule has 1 aliphatic rings. The van der Waals surface area contributed by atoms with Crippen molar-refractivity contribution in [1.82, 2.24) is 0 Å². The third-order valence-electron chi connectivity index (χ3n) is 1.85. The van der Waals surface area contributed by atoms with E-state index < -0.39 is 6.63 Å². The molecule has 0 unspecified atom stereocenters. The van der Waals surface area contributed by atoms with E-state index >= 15 is 0 Å². The van der Waals surface area contributed by atoms with Gasteiger partial charge in [-0.1, -0.05) is 41.7 Å². The van der Waals surface area contributed by atoms with Crippen LogP contribution in [0.4, 0.5) is 0 Å². The highest BCUT2D eigenvalue weighted by atomic mass is 35.9. The summed E-state index contributed by atoms with van der Waals surface area (Å²) in [7, 11) is 0. The lowest BCUT2D eigenvalue weighted by Crippen LogP contribution is -2.06. The van der Waals surface area contributed by atoms with Crippen LogP contribution in [-0.4, -0.2) is 5.66 Å². The first-order valence-corrected chi connectivity index (χ1v) is 6.63.